The molecule has 0 aliphatic rings. The summed E-state index contributed by atoms with van der Waals surface area (Å²) in [6, 6.07) is 5.88. The van der Waals surface area contributed by atoms with E-state index in [2.05, 4.69) is 35.2 Å². The Morgan fingerprint density at radius 1 is 1.29 bits per heavy atom. The van der Waals surface area contributed by atoms with Gasteiger partial charge in [0.1, 0.15) is 5.82 Å². The molecule has 3 aromatic rings. The molecule has 3 heterocycles. The van der Waals surface area contributed by atoms with Gasteiger partial charge in [0.05, 0.1) is 17.3 Å². The molecule has 0 fully saturated rings. The maximum atomic E-state index is 6.16. The summed E-state index contributed by atoms with van der Waals surface area (Å²) in [7, 11) is 0. The molecule has 0 aromatic carbocycles. The third-order valence-corrected chi connectivity index (χ3v) is 4.14. The second-order valence-electron chi connectivity index (χ2n) is 6.31. The first kappa shape index (κ1) is 16.7. The zero-order valence-corrected chi connectivity index (χ0v) is 14.8. The first-order chi connectivity index (χ1) is 11.5. The highest BCUT2D eigenvalue weighted by molar-refractivity contribution is 6.30. The summed E-state index contributed by atoms with van der Waals surface area (Å²) in [6.07, 6.45) is 7.30. The van der Waals surface area contributed by atoms with Gasteiger partial charge in [-0.25, -0.2) is 9.97 Å². The molecule has 0 unspecified atom stereocenters. The monoisotopic (exact) mass is 344 g/mol. The van der Waals surface area contributed by atoms with Gasteiger partial charge < -0.3 is 14.5 Å². The molecule has 24 heavy (non-hydrogen) atoms. The second-order valence-corrected chi connectivity index (χ2v) is 6.74. The fourth-order valence-corrected chi connectivity index (χ4v) is 2.75. The molecule has 5 nitrogen and oxygen atoms in total. The number of halogens is 1. The van der Waals surface area contributed by atoms with Gasteiger partial charge in [-0.1, -0.05) is 31.5 Å². The molecular formula is C18H21ClN4O. The Morgan fingerprint density at radius 3 is 2.83 bits per heavy atom. The number of aromatic nitrogens is 3. The number of rotatable bonds is 6. The van der Waals surface area contributed by atoms with Crippen molar-refractivity contribution in [2.45, 2.75) is 26.2 Å². The average Bonchev–Trinajstić information content (AvgIpc) is 3.02. The predicted octanol–water partition coefficient (Wildman–Crippen LogP) is 4.44. The summed E-state index contributed by atoms with van der Waals surface area (Å²) in [5.41, 5.74) is 2.69. The maximum absolute atomic E-state index is 6.16. The van der Waals surface area contributed by atoms with Crippen molar-refractivity contribution in [2.24, 2.45) is 0 Å². The standard InChI is InChI=1S/C18H21ClN4O/c1-4-24-12-18(2,3)13-5-6-16(21-10-13)22-15-9-14(19)11-23-8-7-20-17(15)23/h5-11H,4,12H2,1-3H3,(H,21,22). The van der Waals surface area contributed by atoms with Crippen LogP contribution < -0.4 is 5.32 Å². The molecule has 0 bridgehead atoms. The number of nitrogens with zero attached hydrogens (tertiary/aromatic N) is 3. The lowest BCUT2D eigenvalue weighted by molar-refractivity contribution is 0.105. The Morgan fingerprint density at radius 2 is 2.12 bits per heavy atom. The van der Waals surface area contributed by atoms with E-state index >= 15 is 0 Å². The van der Waals surface area contributed by atoms with Gasteiger partial charge in [-0.2, -0.15) is 0 Å². The van der Waals surface area contributed by atoms with E-state index in [-0.39, 0.29) is 5.41 Å². The Labute approximate surface area is 146 Å². The summed E-state index contributed by atoms with van der Waals surface area (Å²) < 4.78 is 7.44. The molecule has 1 N–H and O–H groups in total. The molecule has 0 amide bonds. The van der Waals surface area contributed by atoms with Gasteiger partial charge in [0.2, 0.25) is 0 Å². The fraction of sp³-hybridized carbons (Fsp3) is 0.333. The van der Waals surface area contributed by atoms with Crippen LogP contribution >= 0.6 is 11.6 Å². The van der Waals surface area contributed by atoms with Crippen LogP contribution in [0.5, 0.6) is 0 Å². The van der Waals surface area contributed by atoms with E-state index in [9.17, 15) is 0 Å². The first-order valence-corrected chi connectivity index (χ1v) is 8.31. The van der Waals surface area contributed by atoms with Crippen LogP contribution in [0.1, 0.15) is 26.3 Å². The van der Waals surface area contributed by atoms with Gasteiger partial charge in [-0.05, 0) is 24.6 Å². The fourth-order valence-electron chi connectivity index (χ4n) is 2.54. The largest absolute Gasteiger partial charge is 0.381 e. The maximum Gasteiger partial charge on any atom is 0.160 e. The second kappa shape index (κ2) is 6.79. The van der Waals surface area contributed by atoms with Crippen LogP contribution in [0.3, 0.4) is 0 Å². The SMILES string of the molecule is CCOCC(C)(C)c1ccc(Nc2cc(Cl)cn3ccnc23)nc1. The van der Waals surface area contributed by atoms with Crippen LogP contribution in [0.15, 0.2) is 43.0 Å². The van der Waals surface area contributed by atoms with Crippen molar-refractivity contribution in [2.75, 3.05) is 18.5 Å². The van der Waals surface area contributed by atoms with Crippen molar-refractivity contribution >= 4 is 28.8 Å². The van der Waals surface area contributed by atoms with Crippen molar-refractivity contribution in [1.82, 2.24) is 14.4 Å². The third-order valence-electron chi connectivity index (χ3n) is 3.93. The van der Waals surface area contributed by atoms with Crippen LogP contribution in [0.4, 0.5) is 11.5 Å². The summed E-state index contributed by atoms with van der Waals surface area (Å²) in [5, 5.41) is 3.92. The van der Waals surface area contributed by atoms with E-state index in [1.807, 2.05) is 42.0 Å². The first-order valence-electron chi connectivity index (χ1n) is 7.93. The van der Waals surface area contributed by atoms with Crippen molar-refractivity contribution < 1.29 is 4.74 Å². The summed E-state index contributed by atoms with van der Waals surface area (Å²) in [4.78, 5) is 8.87. The minimum absolute atomic E-state index is 0.0754. The van der Waals surface area contributed by atoms with Gasteiger partial charge in [0.15, 0.2) is 5.65 Å². The van der Waals surface area contributed by atoms with E-state index in [4.69, 9.17) is 16.3 Å². The van der Waals surface area contributed by atoms with Crippen molar-refractivity contribution in [3.8, 4) is 0 Å². The van der Waals surface area contributed by atoms with Gasteiger partial charge in [0.25, 0.3) is 0 Å². The number of ether oxygens (including phenoxy) is 1. The summed E-state index contributed by atoms with van der Waals surface area (Å²) in [6.45, 7) is 7.69. The Balaban J connectivity index is 1.82. The van der Waals surface area contributed by atoms with Crippen molar-refractivity contribution in [3.63, 3.8) is 0 Å². The lowest BCUT2D eigenvalue weighted by Crippen LogP contribution is -2.24. The Kier molecular flexibility index (Phi) is 4.73. The molecule has 0 aliphatic heterocycles. The Bertz CT molecular complexity index is 827. The number of pyridine rings is 2. The van der Waals surface area contributed by atoms with Crippen LogP contribution in [0.2, 0.25) is 5.02 Å². The molecule has 0 atom stereocenters. The quantitative estimate of drug-likeness (QED) is 0.718. The molecule has 0 spiro atoms. The minimum Gasteiger partial charge on any atom is -0.381 e. The molecule has 3 aromatic heterocycles. The van der Waals surface area contributed by atoms with Crippen molar-refractivity contribution in [3.05, 3.63) is 53.6 Å². The lowest BCUT2D eigenvalue weighted by atomic mass is 9.87. The lowest BCUT2D eigenvalue weighted by Gasteiger charge is -2.24. The highest BCUT2D eigenvalue weighted by Crippen LogP contribution is 2.26. The molecule has 6 heteroatoms. The smallest absolute Gasteiger partial charge is 0.160 e. The highest BCUT2D eigenvalue weighted by atomic mass is 35.5. The molecule has 0 radical (unpaired) electrons. The van der Waals surface area contributed by atoms with E-state index < -0.39 is 0 Å². The predicted molar refractivity (Wildman–Crippen MR) is 97.2 cm³/mol. The highest BCUT2D eigenvalue weighted by Gasteiger charge is 2.21. The number of imidazole rings is 1. The van der Waals surface area contributed by atoms with E-state index in [1.54, 1.807) is 6.20 Å². The molecule has 0 saturated heterocycles. The number of fused-ring (bicyclic) bond motifs is 1. The molecule has 126 valence electrons. The number of anilines is 2. The minimum atomic E-state index is -0.0754. The van der Waals surface area contributed by atoms with Gasteiger partial charge in [0, 0.05) is 36.8 Å². The number of nitrogens with one attached hydrogen (secondary N) is 1. The van der Waals surface area contributed by atoms with Crippen molar-refractivity contribution in [1.29, 1.82) is 0 Å². The Hall–Kier alpha value is -2.11. The van der Waals surface area contributed by atoms with Gasteiger partial charge in [-0.15, -0.1) is 0 Å². The number of hydrogen-bond donors (Lipinski definition) is 1. The van der Waals surface area contributed by atoms with Gasteiger partial charge in [-0.3, -0.25) is 0 Å². The molecule has 0 aliphatic carbocycles. The van der Waals surface area contributed by atoms with Crippen LogP contribution in [-0.2, 0) is 10.2 Å². The van der Waals surface area contributed by atoms with E-state index in [1.165, 1.54) is 0 Å². The number of hydrogen-bond acceptors (Lipinski definition) is 4. The zero-order chi connectivity index (χ0) is 17.2. The topological polar surface area (TPSA) is 51.5 Å². The molecule has 0 saturated carbocycles. The summed E-state index contributed by atoms with van der Waals surface area (Å²) >= 11 is 6.16. The molecule has 3 rings (SSSR count). The van der Waals surface area contributed by atoms with Crippen LogP contribution in [0, 0.1) is 0 Å². The zero-order valence-electron chi connectivity index (χ0n) is 14.1. The molecular weight excluding hydrogens is 324 g/mol. The normalized spacial score (nSPS) is 11.8. The van der Waals surface area contributed by atoms with Crippen LogP contribution in [-0.4, -0.2) is 27.6 Å². The van der Waals surface area contributed by atoms with E-state index in [0.717, 1.165) is 22.7 Å². The van der Waals surface area contributed by atoms with Crippen LogP contribution in [0.25, 0.3) is 5.65 Å². The third kappa shape index (κ3) is 3.52. The van der Waals surface area contributed by atoms with Gasteiger partial charge >= 0.3 is 0 Å². The summed E-state index contributed by atoms with van der Waals surface area (Å²) in [5.74, 6) is 0.748. The average molecular weight is 345 g/mol. The van der Waals surface area contributed by atoms with E-state index in [0.29, 0.717) is 18.2 Å².